The first kappa shape index (κ1) is 11.0. The molecule has 0 saturated carbocycles. The van der Waals surface area contributed by atoms with Gasteiger partial charge in [-0.2, -0.15) is 0 Å². The van der Waals surface area contributed by atoms with Crippen molar-refractivity contribution in [1.82, 2.24) is 0 Å². The van der Waals surface area contributed by atoms with Crippen molar-refractivity contribution in [1.29, 1.82) is 0 Å². The van der Waals surface area contributed by atoms with Gasteiger partial charge < -0.3 is 0 Å². The van der Waals surface area contributed by atoms with Crippen LogP contribution in [0.15, 0.2) is 0 Å². The van der Waals surface area contributed by atoms with Gasteiger partial charge in [0.25, 0.3) is 4.18 Å². The van der Waals surface area contributed by atoms with Gasteiger partial charge in [0.15, 0.2) is 0 Å². The van der Waals surface area contributed by atoms with E-state index >= 15 is 0 Å². The van der Waals surface area contributed by atoms with E-state index in [1.54, 1.807) is 0 Å². The molecule has 0 unspecified atom stereocenters. The van der Waals surface area contributed by atoms with Gasteiger partial charge in [0.2, 0.25) is 0 Å². The summed E-state index contributed by atoms with van der Waals surface area (Å²) in [5.74, 6) is 0. The van der Waals surface area contributed by atoms with Gasteiger partial charge in [0, 0.05) is 0 Å². The van der Waals surface area contributed by atoms with Gasteiger partial charge in [0.05, 0.1) is 42.4 Å². The van der Waals surface area contributed by atoms with E-state index in [1.165, 1.54) is 42.4 Å². The lowest BCUT2D eigenvalue weighted by molar-refractivity contribution is 0.627. The maximum atomic E-state index is 9.61. The van der Waals surface area contributed by atoms with Crippen LogP contribution in [0.3, 0.4) is 0 Å². The van der Waals surface area contributed by atoms with Gasteiger partial charge in [-0.15, -0.1) is 24.0 Å². The molecule has 2 nitrogen and oxygen atoms in total. The molecule has 0 rings (SSSR count). The van der Waals surface area contributed by atoms with Crippen LogP contribution in [0.25, 0.3) is 0 Å². The molecular formula is HI3O2S. The number of rotatable bonds is 0. The minimum absolute atomic E-state index is 0. The quantitative estimate of drug-likeness (QED) is 0.420. The Hall–Kier alpha value is 2.14. The van der Waals surface area contributed by atoms with E-state index in [2.05, 4.69) is 0 Å². The van der Waals surface area contributed by atoms with Crippen molar-refractivity contribution in [3.63, 3.8) is 0 Å². The monoisotopic (exact) mass is 446 g/mol. The molecule has 0 radical (unpaired) electrons. The second-order valence-electron chi connectivity index (χ2n) is 0.378. The van der Waals surface area contributed by atoms with Crippen LogP contribution in [0, 0.1) is 0 Å². The average molecular weight is 446 g/mol. The lowest BCUT2D eigenvalue weighted by atomic mass is 15.9. The summed E-state index contributed by atoms with van der Waals surface area (Å²) < 4.78 is 16.5. The van der Waals surface area contributed by atoms with E-state index in [0.29, 0.717) is 0 Å². The predicted molar refractivity (Wildman–Crippen MR) is 52.4 cm³/mol. The lowest BCUT2D eigenvalue weighted by Gasteiger charge is -1.62. The first-order valence-electron chi connectivity index (χ1n) is 0.642. The van der Waals surface area contributed by atoms with Crippen molar-refractivity contribution in [2.75, 3.05) is 0 Å². The number of hydrogen-bond acceptors (Lipinski definition) is 2. The zero-order chi connectivity index (χ0) is 4.50. The predicted octanol–water partition coefficient (Wildman–Crippen LogP) is 1.72. The summed E-state index contributed by atoms with van der Waals surface area (Å²) in [5, 5.41) is 0. The van der Waals surface area contributed by atoms with Crippen LogP contribution < -0.4 is 0 Å². The van der Waals surface area contributed by atoms with Crippen LogP contribution in [0.2, 0.25) is 0 Å². The molecule has 0 fully saturated rings. The maximum absolute atomic E-state index is 9.61. The van der Waals surface area contributed by atoms with Crippen molar-refractivity contribution in [3.8, 4) is 0 Å². The standard InChI is InChI=1S/I2O2S.HI/c1-5(2,3)4;/h;1H. The molecule has 0 aliphatic heterocycles. The first-order chi connectivity index (χ1) is 2.00. The Bertz CT molecular complexity index is 92.0. The Morgan fingerprint density at radius 3 is 1.17 bits per heavy atom. The SMILES string of the molecule is I.O=S(=O)(I)I. The van der Waals surface area contributed by atoms with Gasteiger partial charge in [-0.05, 0) is 0 Å². The van der Waals surface area contributed by atoms with Crippen molar-refractivity contribution < 1.29 is 8.42 Å². The Morgan fingerprint density at radius 2 is 1.17 bits per heavy atom. The van der Waals surface area contributed by atoms with Gasteiger partial charge in [-0.25, -0.2) is 8.42 Å². The Kier molecular flexibility index (Phi) is 7.45. The molecule has 0 spiro atoms. The number of halogens is 3. The van der Waals surface area contributed by atoms with E-state index in [9.17, 15) is 8.42 Å². The molecule has 0 aliphatic carbocycles. The zero-order valence-corrected chi connectivity index (χ0v) is 9.85. The molecule has 6 heteroatoms. The highest BCUT2D eigenvalue weighted by Gasteiger charge is 1.86. The van der Waals surface area contributed by atoms with Crippen LogP contribution in [0.4, 0.5) is 0 Å². The van der Waals surface area contributed by atoms with E-state index in [-0.39, 0.29) is 24.0 Å². The third-order valence-electron chi connectivity index (χ3n) is 0. The molecule has 0 saturated heterocycles. The van der Waals surface area contributed by atoms with Gasteiger partial charge in [-0.3, -0.25) is 0 Å². The molecule has 0 bridgehead atoms. The van der Waals surface area contributed by atoms with Crippen LogP contribution >= 0.6 is 66.4 Å². The highest BCUT2D eigenvalue weighted by atomic mass is 127. The normalized spacial score (nSPS) is 9.67. The fourth-order valence-corrected chi connectivity index (χ4v) is 0. The summed E-state index contributed by atoms with van der Waals surface area (Å²) in [7, 11) is 0. The van der Waals surface area contributed by atoms with Crippen molar-refractivity contribution in [2.24, 2.45) is 0 Å². The van der Waals surface area contributed by atoms with E-state index < -0.39 is 4.18 Å². The molecule has 40 valence electrons. The van der Waals surface area contributed by atoms with Crippen LogP contribution in [-0.4, -0.2) is 8.42 Å². The minimum Gasteiger partial charge on any atom is -0.208 e. The maximum Gasteiger partial charge on any atom is 0.255 e. The smallest absolute Gasteiger partial charge is 0.208 e. The average Bonchev–Trinajstić information content (AvgIpc) is 0.722. The fourth-order valence-electron chi connectivity index (χ4n) is 0. The van der Waals surface area contributed by atoms with Gasteiger partial charge in [0.1, 0.15) is 0 Å². The molecule has 0 N–H and O–H groups in total. The first-order valence-corrected chi connectivity index (χ1v) is 7.21. The summed E-state index contributed by atoms with van der Waals surface area (Å²) >= 11 is 2.67. The number of hydrogen-bond donors (Lipinski definition) is 0. The van der Waals surface area contributed by atoms with Crippen molar-refractivity contribution >= 4 is 70.6 Å². The molecule has 6 heavy (non-hydrogen) atoms. The summed E-state index contributed by atoms with van der Waals surface area (Å²) in [6.07, 6.45) is 0. The largest absolute Gasteiger partial charge is 0.255 e. The Morgan fingerprint density at radius 1 is 1.17 bits per heavy atom. The molecule has 0 aromatic heterocycles. The molecule has 0 aromatic rings. The second-order valence-corrected chi connectivity index (χ2v) is 13.1. The van der Waals surface area contributed by atoms with E-state index in [1.807, 2.05) is 0 Å². The fraction of sp³-hybridized carbons (Fsp3) is 0. The third-order valence-corrected chi connectivity index (χ3v) is 0. The highest BCUT2D eigenvalue weighted by Crippen LogP contribution is 2.08. The topological polar surface area (TPSA) is 34.1 Å². The van der Waals surface area contributed by atoms with Crippen LogP contribution in [-0.2, 0) is 4.18 Å². The van der Waals surface area contributed by atoms with Crippen LogP contribution in [0.5, 0.6) is 0 Å². The molecule has 0 heterocycles. The molecule has 0 amide bonds. The minimum atomic E-state index is -2.73. The van der Waals surface area contributed by atoms with Gasteiger partial charge >= 0.3 is 0 Å². The summed E-state index contributed by atoms with van der Waals surface area (Å²) in [6.45, 7) is 0. The Labute approximate surface area is 77.6 Å². The van der Waals surface area contributed by atoms with Gasteiger partial charge in [-0.1, -0.05) is 0 Å². The molecule has 0 aromatic carbocycles. The third kappa shape index (κ3) is 35.4. The highest BCUT2D eigenvalue weighted by molar-refractivity contribution is 14.3. The van der Waals surface area contributed by atoms with E-state index in [4.69, 9.17) is 0 Å². The summed E-state index contributed by atoms with van der Waals surface area (Å²) in [5.41, 5.74) is 0. The van der Waals surface area contributed by atoms with Crippen LogP contribution in [0.1, 0.15) is 0 Å². The lowest BCUT2D eigenvalue weighted by Crippen LogP contribution is -1.60. The second kappa shape index (κ2) is 4.06. The van der Waals surface area contributed by atoms with E-state index in [0.717, 1.165) is 0 Å². The van der Waals surface area contributed by atoms with Crippen molar-refractivity contribution in [3.05, 3.63) is 0 Å². The molecule has 0 aliphatic rings. The van der Waals surface area contributed by atoms with Crippen molar-refractivity contribution in [2.45, 2.75) is 0 Å². The summed E-state index contributed by atoms with van der Waals surface area (Å²) in [6, 6.07) is 0. The zero-order valence-electron chi connectivity index (χ0n) is 2.39. The Balaban J connectivity index is 0. The summed E-state index contributed by atoms with van der Waals surface area (Å²) in [4.78, 5) is 0. The molecule has 0 atom stereocenters. The molecular weight excluding hydrogens is 445 g/mol.